The van der Waals surface area contributed by atoms with E-state index in [1.165, 1.54) is 11.8 Å². The lowest BCUT2D eigenvalue weighted by atomic mass is 10.1. The van der Waals surface area contributed by atoms with E-state index in [0.29, 0.717) is 29.2 Å². The zero-order valence-electron chi connectivity index (χ0n) is 19.9. The van der Waals surface area contributed by atoms with E-state index >= 15 is 0 Å². The molecule has 0 aliphatic rings. The predicted molar refractivity (Wildman–Crippen MR) is 137 cm³/mol. The summed E-state index contributed by atoms with van der Waals surface area (Å²) in [6.07, 6.45) is 1.30. The lowest BCUT2D eigenvalue weighted by molar-refractivity contribution is -0.138. The number of amides is 3. The smallest absolute Gasteiger partial charge is 0.327 e. The van der Waals surface area contributed by atoms with E-state index in [0.717, 1.165) is 16.9 Å². The highest BCUT2D eigenvalue weighted by atomic mass is 32.2. The number of hydrogen-bond donors (Lipinski definition) is 2. The van der Waals surface area contributed by atoms with Gasteiger partial charge in [-0.25, -0.2) is 9.59 Å². The van der Waals surface area contributed by atoms with Gasteiger partial charge in [0.2, 0.25) is 0 Å². The summed E-state index contributed by atoms with van der Waals surface area (Å²) < 4.78 is 0. The summed E-state index contributed by atoms with van der Waals surface area (Å²) >= 11 is 1.41. The Labute approximate surface area is 206 Å². The molecule has 1 atom stereocenters. The van der Waals surface area contributed by atoms with Gasteiger partial charge in [-0.2, -0.15) is 11.8 Å². The normalized spacial score (nSPS) is 11.3. The summed E-state index contributed by atoms with van der Waals surface area (Å²) in [7, 11) is 0. The first-order valence-corrected chi connectivity index (χ1v) is 12.5. The molecule has 6 nitrogen and oxygen atoms in total. The molecule has 0 aliphatic carbocycles. The Kier molecular flexibility index (Phi) is 11.2. The fourth-order valence-corrected chi connectivity index (χ4v) is 4.04. The molecule has 0 heterocycles. The van der Waals surface area contributed by atoms with Crippen molar-refractivity contribution in [1.29, 1.82) is 0 Å². The minimum absolute atomic E-state index is 0.178. The average molecular weight is 481 g/mol. The van der Waals surface area contributed by atoms with Crippen molar-refractivity contribution < 1.29 is 19.5 Å². The van der Waals surface area contributed by atoms with Crippen molar-refractivity contribution in [2.45, 2.75) is 45.4 Å². The molecule has 2 aromatic carbocycles. The van der Waals surface area contributed by atoms with E-state index in [4.69, 9.17) is 0 Å². The zero-order chi connectivity index (χ0) is 24.9. The Morgan fingerprint density at radius 1 is 1.09 bits per heavy atom. The highest BCUT2D eigenvalue weighted by Gasteiger charge is 2.27. The van der Waals surface area contributed by atoms with Gasteiger partial charge < -0.3 is 10.4 Å². The van der Waals surface area contributed by atoms with Crippen LogP contribution in [-0.4, -0.2) is 46.3 Å². The third-order valence-electron chi connectivity index (χ3n) is 4.78. The van der Waals surface area contributed by atoms with Gasteiger partial charge >= 0.3 is 12.0 Å². The van der Waals surface area contributed by atoms with Crippen LogP contribution in [0.1, 0.15) is 55.1 Å². The molecule has 2 rings (SSSR count). The summed E-state index contributed by atoms with van der Waals surface area (Å²) in [4.78, 5) is 38.9. The molecule has 0 spiro atoms. The minimum Gasteiger partial charge on any atom is -0.480 e. The lowest BCUT2D eigenvalue weighted by Gasteiger charge is -2.23. The SMILES string of the molecule is CCCN(C(=O)N[C@@H](CSCc1ccccc1)C(=O)O)C(=O)c1cccc(C#CCC(C)C)c1. The van der Waals surface area contributed by atoms with E-state index in [1.807, 2.05) is 43.3 Å². The lowest BCUT2D eigenvalue weighted by Crippen LogP contribution is -2.51. The fraction of sp³-hybridized carbons (Fsp3) is 0.370. The van der Waals surface area contributed by atoms with E-state index in [9.17, 15) is 19.5 Å². The molecular weight excluding hydrogens is 448 g/mol. The zero-order valence-corrected chi connectivity index (χ0v) is 20.7. The van der Waals surface area contributed by atoms with E-state index in [2.05, 4.69) is 31.0 Å². The largest absolute Gasteiger partial charge is 0.480 e. The molecule has 180 valence electrons. The quantitative estimate of drug-likeness (QED) is 0.466. The van der Waals surface area contributed by atoms with Crippen LogP contribution in [0, 0.1) is 17.8 Å². The number of carboxylic acid groups (broad SMARTS) is 1. The van der Waals surface area contributed by atoms with Gasteiger partial charge in [-0.3, -0.25) is 9.69 Å². The van der Waals surface area contributed by atoms with Crippen molar-refractivity contribution in [1.82, 2.24) is 10.2 Å². The summed E-state index contributed by atoms with van der Waals surface area (Å²) in [5, 5.41) is 12.1. The van der Waals surface area contributed by atoms with E-state index < -0.39 is 23.9 Å². The third kappa shape index (κ3) is 8.95. The number of hydrogen-bond acceptors (Lipinski definition) is 4. The Morgan fingerprint density at radius 3 is 2.47 bits per heavy atom. The monoisotopic (exact) mass is 480 g/mol. The number of imide groups is 1. The Bertz CT molecular complexity index is 1030. The van der Waals surface area contributed by atoms with Crippen LogP contribution in [0.3, 0.4) is 0 Å². The number of nitrogens with zero attached hydrogens (tertiary/aromatic N) is 1. The number of benzene rings is 2. The molecular formula is C27H32N2O4S. The first kappa shape index (κ1) is 27.0. The average Bonchev–Trinajstić information content (AvgIpc) is 2.82. The van der Waals surface area contributed by atoms with Crippen LogP contribution in [0.2, 0.25) is 0 Å². The Balaban J connectivity index is 2.07. The van der Waals surface area contributed by atoms with Gasteiger partial charge in [0.05, 0.1) is 0 Å². The highest BCUT2D eigenvalue weighted by Crippen LogP contribution is 2.14. The summed E-state index contributed by atoms with van der Waals surface area (Å²) in [5.41, 5.74) is 2.11. The molecule has 3 amide bonds. The maximum Gasteiger partial charge on any atom is 0.327 e. The maximum absolute atomic E-state index is 13.1. The van der Waals surface area contributed by atoms with E-state index in [-0.39, 0.29) is 12.3 Å². The van der Waals surface area contributed by atoms with Crippen molar-refractivity contribution >= 4 is 29.7 Å². The summed E-state index contributed by atoms with van der Waals surface area (Å²) in [5.74, 6) is 5.79. The number of carbonyl (C=O) groups excluding carboxylic acids is 2. The van der Waals surface area contributed by atoms with Crippen LogP contribution in [0.25, 0.3) is 0 Å². The van der Waals surface area contributed by atoms with Gasteiger partial charge in [-0.1, -0.05) is 69.0 Å². The molecule has 2 N–H and O–H groups in total. The van der Waals surface area contributed by atoms with Crippen LogP contribution in [-0.2, 0) is 10.5 Å². The second-order valence-corrected chi connectivity index (χ2v) is 9.31. The first-order valence-electron chi connectivity index (χ1n) is 11.4. The topological polar surface area (TPSA) is 86.7 Å². The summed E-state index contributed by atoms with van der Waals surface area (Å²) in [6.45, 7) is 6.20. The molecule has 0 aliphatic heterocycles. The standard InChI is InChI=1S/C27H32N2O4S/c1-4-16-29(25(30)23-15-9-14-21(17-23)13-8-10-20(2)3)27(33)28-24(26(31)32)19-34-18-22-11-6-5-7-12-22/h5-7,9,11-12,14-15,17,20,24H,4,10,16,18-19H2,1-3H3,(H,28,33)(H,31,32)/t24-/m0/s1. The number of carbonyl (C=O) groups is 3. The van der Waals surface area contributed by atoms with Crippen LogP contribution >= 0.6 is 11.8 Å². The number of thioether (sulfide) groups is 1. The van der Waals surface area contributed by atoms with E-state index in [1.54, 1.807) is 18.2 Å². The number of rotatable bonds is 10. The Hall–Kier alpha value is -3.24. The van der Waals surface area contributed by atoms with Gasteiger partial charge in [0.1, 0.15) is 6.04 Å². The molecule has 0 unspecified atom stereocenters. The predicted octanol–water partition coefficient (Wildman–Crippen LogP) is 5.03. The van der Waals surface area contributed by atoms with Crippen LogP contribution < -0.4 is 5.32 Å². The van der Waals surface area contributed by atoms with Crippen molar-refractivity contribution in [3.8, 4) is 11.8 Å². The fourth-order valence-electron chi connectivity index (χ4n) is 3.03. The number of aliphatic carboxylic acids is 1. The second kappa shape index (κ2) is 14.1. The van der Waals surface area contributed by atoms with Gasteiger partial charge in [-0.05, 0) is 36.1 Å². The van der Waals surface area contributed by atoms with Gasteiger partial charge in [-0.15, -0.1) is 0 Å². The summed E-state index contributed by atoms with van der Waals surface area (Å²) in [6, 6.07) is 14.7. The number of carboxylic acids is 1. The van der Waals surface area contributed by atoms with Crippen molar-refractivity contribution in [3.05, 3.63) is 71.3 Å². The molecule has 0 fully saturated rings. The molecule has 0 aromatic heterocycles. The van der Waals surface area contributed by atoms with Crippen molar-refractivity contribution in [2.24, 2.45) is 5.92 Å². The van der Waals surface area contributed by atoms with Crippen molar-refractivity contribution in [2.75, 3.05) is 12.3 Å². The molecule has 7 heteroatoms. The first-order chi connectivity index (χ1) is 16.3. The van der Waals surface area contributed by atoms with Crippen molar-refractivity contribution in [3.63, 3.8) is 0 Å². The van der Waals surface area contributed by atoms with Crippen LogP contribution in [0.5, 0.6) is 0 Å². The maximum atomic E-state index is 13.1. The molecule has 0 saturated heterocycles. The van der Waals surface area contributed by atoms with Gasteiger partial charge in [0, 0.05) is 35.6 Å². The molecule has 34 heavy (non-hydrogen) atoms. The van der Waals surface area contributed by atoms with Crippen LogP contribution in [0.15, 0.2) is 54.6 Å². The molecule has 0 saturated carbocycles. The molecule has 2 aromatic rings. The van der Waals surface area contributed by atoms with Gasteiger partial charge in [0.25, 0.3) is 5.91 Å². The second-order valence-electron chi connectivity index (χ2n) is 8.28. The third-order valence-corrected chi connectivity index (χ3v) is 5.89. The Morgan fingerprint density at radius 2 is 1.82 bits per heavy atom. The number of urea groups is 1. The minimum atomic E-state index is -1.14. The highest BCUT2D eigenvalue weighted by molar-refractivity contribution is 7.98. The van der Waals surface area contributed by atoms with Crippen LogP contribution in [0.4, 0.5) is 4.79 Å². The molecule has 0 bridgehead atoms. The van der Waals surface area contributed by atoms with Gasteiger partial charge in [0.15, 0.2) is 0 Å². The molecule has 0 radical (unpaired) electrons. The number of nitrogens with one attached hydrogen (secondary N) is 1.